The molecule has 0 radical (unpaired) electrons. The maximum absolute atomic E-state index is 14.2. The van der Waals surface area contributed by atoms with Crippen LogP contribution in [0.15, 0.2) is 48.8 Å². The van der Waals surface area contributed by atoms with Crippen molar-refractivity contribution in [1.29, 1.82) is 0 Å². The molecule has 0 fully saturated rings. The molecule has 0 amide bonds. The van der Waals surface area contributed by atoms with E-state index in [2.05, 4.69) is 15.3 Å². The summed E-state index contributed by atoms with van der Waals surface area (Å²) >= 11 is 0. The fraction of sp³-hybridized carbons (Fsp3) is 0.150. The molecule has 0 spiro atoms. The average molecular weight is 373 g/mol. The van der Waals surface area contributed by atoms with Crippen LogP contribution in [0.4, 0.5) is 15.8 Å². The summed E-state index contributed by atoms with van der Waals surface area (Å²) in [6.07, 6.45) is 2.62. The SMILES string of the molecule is CC(C)c1nc(O)c(-c2ccccc2F)cc1Nc1ccncc1C(=O)[O-].[Li+]. The first kappa shape index (κ1) is 21.4. The molecule has 1 aromatic carbocycles. The van der Waals surface area contributed by atoms with Crippen molar-refractivity contribution in [3.63, 3.8) is 0 Å². The third-order valence-electron chi connectivity index (χ3n) is 4.05. The van der Waals surface area contributed by atoms with Gasteiger partial charge in [-0.2, -0.15) is 0 Å². The molecule has 6 nitrogen and oxygen atoms in total. The van der Waals surface area contributed by atoms with E-state index in [-0.39, 0.29) is 53.0 Å². The maximum atomic E-state index is 14.2. The standard InChI is InChI=1S/C20H18FN3O3.Li/c1-11(2)18-17(23-16-7-8-22-10-14(16)20(26)27)9-13(19(25)24-18)12-5-3-4-6-15(12)21;/h3-11H,1-2H3,(H,22,23)(H,24,25)(H,26,27);/q;+1/p-1. The Morgan fingerprint density at radius 2 is 1.89 bits per heavy atom. The third kappa shape index (κ3) is 4.33. The molecule has 0 saturated heterocycles. The van der Waals surface area contributed by atoms with Gasteiger partial charge >= 0.3 is 18.9 Å². The van der Waals surface area contributed by atoms with Crippen molar-refractivity contribution < 1.29 is 38.3 Å². The molecule has 138 valence electrons. The largest absolute Gasteiger partial charge is 1.00 e. The van der Waals surface area contributed by atoms with E-state index in [4.69, 9.17) is 0 Å². The van der Waals surface area contributed by atoms with Crippen molar-refractivity contribution in [1.82, 2.24) is 9.97 Å². The maximum Gasteiger partial charge on any atom is 1.00 e. The number of anilines is 2. The summed E-state index contributed by atoms with van der Waals surface area (Å²) in [7, 11) is 0. The summed E-state index contributed by atoms with van der Waals surface area (Å²) in [5, 5.41) is 24.7. The van der Waals surface area contributed by atoms with Crippen molar-refractivity contribution in [2.24, 2.45) is 0 Å². The molecule has 0 unspecified atom stereocenters. The molecule has 0 aliphatic carbocycles. The van der Waals surface area contributed by atoms with E-state index in [1.807, 2.05) is 13.8 Å². The molecular weight excluding hydrogens is 356 g/mol. The molecule has 0 aliphatic heterocycles. The van der Waals surface area contributed by atoms with Crippen LogP contribution < -0.4 is 29.3 Å². The second kappa shape index (κ2) is 8.87. The van der Waals surface area contributed by atoms with Gasteiger partial charge in [0.2, 0.25) is 5.88 Å². The number of halogens is 1. The number of pyridine rings is 2. The first-order valence-corrected chi connectivity index (χ1v) is 8.29. The quantitative estimate of drug-likeness (QED) is 0.621. The van der Waals surface area contributed by atoms with Crippen LogP contribution in [0.25, 0.3) is 11.1 Å². The van der Waals surface area contributed by atoms with Crippen LogP contribution in [0.2, 0.25) is 0 Å². The number of carboxylic acids is 1. The predicted molar refractivity (Wildman–Crippen MR) is 97.2 cm³/mol. The van der Waals surface area contributed by atoms with E-state index < -0.39 is 11.8 Å². The van der Waals surface area contributed by atoms with Crippen molar-refractivity contribution in [2.45, 2.75) is 19.8 Å². The van der Waals surface area contributed by atoms with Crippen LogP contribution in [0.3, 0.4) is 0 Å². The Hall–Kier alpha value is -2.88. The topological polar surface area (TPSA) is 98.2 Å². The normalized spacial score (nSPS) is 10.4. The van der Waals surface area contributed by atoms with E-state index in [0.29, 0.717) is 11.4 Å². The van der Waals surface area contributed by atoms with E-state index in [1.54, 1.807) is 18.2 Å². The number of hydrogen-bond donors (Lipinski definition) is 2. The number of carbonyl (C=O) groups excluding carboxylic acids is 1. The van der Waals surface area contributed by atoms with Gasteiger partial charge in [-0.25, -0.2) is 9.37 Å². The number of aromatic carboxylic acids is 1. The number of aromatic hydroxyl groups is 1. The van der Waals surface area contributed by atoms with Crippen molar-refractivity contribution >= 4 is 17.3 Å². The number of rotatable bonds is 5. The van der Waals surface area contributed by atoms with Crippen LogP contribution in [0.5, 0.6) is 5.88 Å². The smallest absolute Gasteiger partial charge is 0.545 e. The molecule has 28 heavy (non-hydrogen) atoms. The molecule has 8 heteroatoms. The number of carboxylic acid groups (broad SMARTS) is 1. The molecule has 0 aliphatic rings. The number of carbonyl (C=O) groups is 1. The Bertz CT molecular complexity index is 1010. The number of benzene rings is 1. The zero-order chi connectivity index (χ0) is 19.6. The fourth-order valence-electron chi connectivity index (χ4n) is 2.75. The van der Waals surface area contributed by atoms with Gasteiger partial charge in [-0.15, -0.1) is 0 Å². The molecule has 2 heterocycles. The second-order valence-corrected chi connectivity index (χ2v) is 6.26. The van der Waals surface area contributed by atoms with Crippen LogP contribution in [-0.2, 0) is 0 Å². The molecule has 0 atom stereocenters. The van der Waals surface area contributed by atoms with Crippen molar-refractivity contribution in [3.05, 3.63) is 65.9 Å². The minimum absolute atomic E-state index is 0. The van der Waals surface area contributed by atoms with Gasteiger partial charge in [0.15, 0.2) is 0 Å². The Labute approximate surface area is 173 Å². The van der Waals surface area contributed by atoms with Gasteiger partial charge in [0.05, 0.1) is 23.0 Å². The molecule has 0 saturated carbocycles. The molecule has 3 aromatic rings. The molecule has 2 aromatic heterocycles. The van der Waals surface area contributed by atoms with Crippen LogP contribution >= 0.6 is 0 Å². The Morgan fingerprint density at radius 3 is 2.54 bits per heavy atom. The first-order valence-electron chi connectivity index (χ1n) is 8.29. The summed E-state index contributed by atoms with van der Waals surface area (Å²) in [6.45, 7) is 3.75. The Kier molecular flexibility index (Phi) is 6.79. The zero-order valence-electron chi connectivity index (χ0n) is 15.7. The molecule has 0 bridgehead atoms. The zero-order valence-corrected chi connectivity index (χ0v) is 15.7. The third-order valence-corrected chi connectivity index (χ3v) is 4.05. The van der Waals surface area contributed by atoms with Crippen LogP contribution in [0, 0.1) is 5.82 Å². The van der Waals surface area contributed by atoms with E-state index in [1.165, 1.54) is 30.6 Å². The van der Waals surface area contributed by atoms with Crippen molar-refractivity contribution in [2.75, 3.05) is 5.32 Å². The summed E-state index contributed by atoms with van der Waals surface area (Å²) in [4.78, 5) is 19.3. The Morgan fingerprint density at radius 1 is 1.18 bits per heavy atom. The summed E-state index contributed by atoms with van der Waals surface area (Å²) in [6, 6.07) is 9.06. The monoisotopic (exact) mass is 373 g/mol. The Balaban J connectivity index is 0.00000280. The van der Waals surface area contributed by atoms with E-state index >= 15 is 0 Å². The van der Waals surface area contributed by atoms with Gasteiger partial charge < -0.3 is 20.3 Å². The predicted octanol–water partition coefficient (Wildman–Crippen LogP) is 0.223. The van der Waals surface area contributed by atoms with Gasteiger partial charge in [-0.1, -0.05) is 32.0 Å². The summed E-state index contributed by atoms with van der Waals surface area (Å²) in [5.41, 5.74) is 1.50. The molecule has 3 rings (SSSR count). The number of nitrogens with zero attached hydrogens (tertiary/aromatic N) is 2. The van der Waals surface area contributed by atoms with Crippen LogP contribution in [0.1, 0.15) is 35.8 Å². The summed E-state index contributed by atoms with van der Waals surface area (Å²) in [5.74, 6) is -2.26. The minimum Gasteiger partial charge on any atom is -0.545 e. The molecule has 2 N–H and O–H groups in total. The van der Waals surface area contributed by atoms with Gasteiger partial charge in [-0.05, 0) is 24.1 Å². The van der Waals surface area contributed by atoms with E-state index in [0.717, 1.165) is 0 Å². The van der Waals surface area contributed by atoms with Crippen molar-refractivity contribution in [3.8, 4) is 17.0 Å². The van der Waals surface area contributed by atoms with Gasteiger partial charge in [-0.3, -0.25) is 4.98 Å². The molecular formula is C20H17FLiN3O3. The van der Waals surface area contributed by atoms with Gasteiger partial charge in [0.25, 0.3) is 0 Å². The number of nitrogens with one attached hydrogen (secondary N) is 1. The fourth-order valence-corrected chi connectivity index (χ4v) is 2.75. The number of hydrogen-bond acceptors (Lipinski definition) is 6. The average Bonchev–Trinajstić information content (AvgIpc) is 2.63. The summed E-state index contributed by atoms with van der Waals surface area (Å²) < 4.78 is 14.2. The first-order chi connectivity index (χ1) is 12.9. The van der Waals surface area contributed by atoms with Crippen LogP contribution in [-0.4, -0.2) is 21.0 Å². The number of aromatic nitrogens is 2. The van der Waals surface area contributed by atoms with E-state index in [9.17, 15) is 19.4 Å². The van der Waals surface area contributed by atoms with Gasteiger partial charge in [0, 0.05) is 29.1 Å². The van der Waals surface area contributed by atoms with Gasteiger partial charge in [0.1, 0.15) is 5.82 Å². The second-order valence-electron chi connectivity index (χ2n) is 6.26. The minimum atomic E-state index is -1.38.